The van der Waals surface area contributed by atoms with Gasteiger partial charge in [0.2, 0.25) is 5.71 Å². The molecular weight excluding hydrogens is 446 g/mol. The van der Waals surface area contributed by atoms with Crippen LogP contribution in [0.5, 0.6) is 0 Å². The fourth-order valence-electron chi connectivity index (χ4n) is 5.10. The Kier molecular flexibility index (Phi) is 5.06. The van der Waals surface area contributed by atoms with Crippen molar-refractivity contribution in [1.29, 1.82) is 0 Å². The Balaban J connectivity index is 1.68. The molecule has 6 heterocycles. The summed E-state index contributed by atoms with van der Waals surface area (Å²) in [6.45, 7) is 4.66. The molecule has 1 aliphatic heterocycles. The lowest BCUT2D eigenvalue weighted by Gasteiger charge is -2.30. The molecule has 6 rings (SSSR count). The molecule has 10 nitrogen and oxygen atoms in total. The van der Waals surface area contributed by atoms with Crippen LogP contribution in [0.15, 0.2) is 40.1 Å². The van der Waals surface area contributed by atoms with Gasteiger partial charge in [-0.05, 0) is 32.3 Å². The van der Waals surface area contributed by atoms with Crippen molar-refractivity contribution in [2.24, 2.45) is 14.1 Å². The normalized spacial score (nSPS) is 18.6. The van der Waals surface area contributed by atoms with E-state index in [4.69, 9.17) is 14.1 Å². The third-order valence-electron chi connectivity index (χ3n) is 6.87. The number of furan rings is 1. The van der Waals surface area contributed by atoms with Gasteiger partial charge in [0.05, 0.1) is 23.9 Å². The Labute approximate surface area is 201 Å². The molecule has 0 aliphatic carbocycles. The van der Waals surface area contributed by atoms with Crippen LogP contribution in [0, 0.1) is 6.92 Å². The van der Waals surface area contributed by atoms with Crippen LogP contribution < -0.4 is 5.69 Å². The number of aryl methyl sites for hydroxylation is 3. The number of pyridine rings is 1. The molecule has 2 unspecified atom stereocenters. The molecule has 0 saturated carbocycles. The molecule has 0 bridgehead atoms. The van der Waals surface area contributed by atoms with Crippen LogP contribution in [0.2, 0.25) is 0 Å². The quantitative estimate of drug-likeness (QED) is 0.391. The van der Waals surface area contributed by atoms with Crippen molar-refractivity contribution in [3.05, 3.63) is 47.0 Å². The predicted molar refractivity (Wildman–Crippen MR) is 131 cm³/mol. The number of aromatic nitrogens is 7. The summed E-state index contributed by atoms with van der Waals surface area (Å²) in [5.74, 6) is 0. The molecule has 0 amide bonds. The molecule has 1 saturated heterocycles. The Morgan fingerprint density at radius 2 is 1.83 bits per heavy atom. The summed E-state index contributed by atoms with van der Waals surface area (Å²) in [5, 5.41) is 9.38. The van der Waals surface area contributed by atoms with E-state index in [1.807, 2.05) is 39.6 Å². The van der Waals surface area contributed by atoms with E-state index in [0.717, 1.165) is 52.5 Å². The summed E-state index contributed by atoms with van der Waals surface area (Å²) in [5.41, 5.74) is 5.38. The summed E-state index contributed by atoms with van der Waals surface area (Å²) in [4.78, 5) is 22.9. The standard InChI is InChI=1S/C25H27N7O3/c1-5-18-8-17(6-7-34-18)32-22-20-9-19(15-10-26-30(3)12-15)14(2)28-24(20)35-23(22)21(29-25(32)33)16-11-27-31(4)13-16/h9-13,17-18H,5-8H2,1-4H3. The lowest BCUT2D eigenvalue weighted by atomic mass is 10.0. The van der Waals surface area contributed by atoms with E-state index >= 15 is 0 Å². The average molecular weight is 474 g/mol. The van der Waals surface area contributed by atoms with Crippen molar-refractivity contribution in [2.75, 3.05) is 6.61 Å². The van der Waals surface area contributed by atoms with Crippen LogP contribution in [0.1, 0.15) is 37.9 Å². The van der Waals surface area contributed by atoms with Crippen LogP contribution in [0.3, 0.4) is 0 Å². The Morgan fingerprint density at radius 3 is 2.51 bits per heavy atom. The first-order valence-corrected chi connectivity index (χ1v) is 11.9. The van der Waals surface area contributed by atoms with Gasteiger partial charge in [-0.25, -0.2) is 9.78 Å². The largest absolute Gasteiger partial charge is 0.434 e. The number of hydrogen-bond donors (Lipinski definition) is 0. The van der Waals surface area contributed by atoms with Gasteiger partial charge in [0.15, 0.2) is 5.58 Å². The van der Waals surface area contributed by atoms with Crippen molar-refractivity contribution in [1.82, 2.24) is 34.1 Å². The first-order chi connectivity index (χ1) is 16.9. The number of fused-ring (bicyclic) bond motifs is 3. The van der Waals surface area contributed by atoms with E-state index in [9.17, 15) is 4.79 Å². The van der Waals surface area contributed by atoms with Gasteiger partial charge in [0, 0.05) is 61.5 Å². The lowest BCUT2D eigenvalue weighted by Crippen LogP contribution is -2.34. The van der Waals surface area contributed by atoms with Gasteiger partial charge >= 0.3 is 5.69 Å². The maximum Gasteiger partial charge on any atom is 0.349 e. The monoisotopic (exact) mass is 473 g/mol. The van der Waals surface area contributed by atoms with E-state index in [-0.39, 0.29) is 17.8 Å². The molecule has 0 N–H and O–H groups in total. The zero-order chi connectivity index (χ0) is 24.3. The highest BCUT2D eigenvalue weighted by atomic mass is 16.5. The Morgan fingerprint density at radius 1 is 1.09 bits per heavy atom. The predicted octanol–water partition coefficient (Wildman–Crippen LogP) is 3.78. The SMILES string of the molecule is CCC1CC(n2c(=O)nc(-c3cnn(C)c3)c3oc4nc(C)c(-c5cnn(C)c5)cc4c32)CCO1. The number of hydrogen-bond acceptors (Lipinski definition) is 7. The van der Waals surface area contributed by atoms with Gasteiger partial charge in [-0.1, -0.05) is 6.92 Å². The van der Waals surface area contributed by atoms with Crippen molar-refractivity contribution >= 4 is 22.2 Å². The molecule has 0 aromatic carbocycles. The minimum atomic E-state index is -0.302. The van der Waals surface area contributed by atoms with Crippen LogP contribution in [-0.4, -0.2) is 46.8 Å². The minimum Gasteiger partial charge on any atom is -0.434 e. The lowest BCUT2D eigenvalue weighted by molar-refractivity contribution is -0.00709. The molecule has 5 aromatic heterocycles. The van der Waals surface area contributed by atoms with E-state index in [2.05, 4.69) is 28.2 Å². The third kappa shape index (κ3) is 3.56. The molecule has 180 valence electrons. The number of nitrogens with zero attached hydrogens (tertiary/aromatic N) is 7. The van der Waals surface area contributed by atoms with Crippen LogP contribution >= 0.6 is 0 Å². The van der Waals surface area contributed by atoms with Crippen LogP contribution in [0.4, 0.5) is 0 Å². The molecule has 1 fully saturated rings. The van der Waals surface area contributed by atoms with Gasteiger partial charge in [-0.15, -0.1) is 0 Å². The fourth-order valence-corrected chi connectivity index (χ4v) is 5.10. The first kappa shape index (κ1) is 21.7. The topological polar surface area (TPSA) is 106 Å². The van der Waals surface area contributed by atoms with E-state index in [0.29, 0.717) is 23.6 Å². The van der Waals surface area contributed by atoms with Gasteiger partial charge in [0.1, 0.15) is 11.2 Å². The molecule has 10 heteroatoms. The van der Waals surface area contributed by atoms with Crippen molar-refractivity contribution in [3.8, 4) is 22.4 Å². The summed E-state index contributed by atoms with van der Waals surface area (Å²) >= 11 is 0. The molecule has 0 spiro atoms. The Hall–Kier alpha value is -3.79. The number of rotatable bonds is 4. The summed E-state index contributed by atoms with van der Waals surface area (Å²) in [7, 11) is 3.72. The summed E-state index contributed by atoms with van der Waals surface area (Å²) in [6.07, 6.45) is 9.80. The fraction of sp³-hybridized carbons (Fsp3) is 0.400. The van der Waals surface area contributed by atoms with E-state index in [1.54, 1.807) is 20.1 Å². The number of ether oxygens (including phenoxy) is 1. The molecular formula is C25H27N7O3. The second-order valence-electron chi connectivity index (χ2n) is 9.25. The maximum absolute atomic E-state index is 13.6. The zero-order valence-electron chi connectivity index (χ0n) is 20.2. The summed E-state index contributed by atoms with van der Waals surface area (Å²) < 4.78 is 17.5. The van der Waals surface area contributed by atoms with E-state index in [1.165, 1.54) is 0 Å². The van der Waals surface area contributed by atoms with Crippen molar-refractivity contribution in [2.45, 2.75) is 45.3 Å². The zero-order valence-corrected chi connectivity index (χ0v) is 20.2. The van der Waals surface area contributed by atoms with Gasteiger partial charge < -0.3 is 9.15 Å². The average Bonchev–Trinajstić information content (AvgIpc) is 3.56. The minimum absolute atomic E-state index is 0.0388. The van der Waals surface area contributed by atoms with Crippen LogP contribution in [-0.2, 0) is 18.8 Å². The van der Waals surface area contributed by atoms with Gasteiger partial charge in [-0.3, -0.25) is 13.9 Å². The van der Waals surface area contributed by atoms with Crippen molar-refractivity contribution in [3.63, 3.8) is 0 Å². The second kappa shape index (κ2) is 8.16. The first-order valence-electron chi connectivity index (χ1n) is 11.9. The molecule has 0 radical (unpaired) electrons. The Bertz CT molecular complexity index is 1620. The smallest absolute Gasteiger partial charge is 0.349 e. The highest BCUT2D eigenvalue weighted by molar-refractivity contribution is 6.06. The van der Waals surface area contributed by atoms with Gasteiger partial charge in [0.25, 0.3) is 0 Å². The highest BCUT2D eigenvalue weighted by Crippen LogP contribution is 2.38. The van der Waals surface area contributed by atoms with Gasteiger partial charge in [-0.2, -0.15) is 15.2 Å². The second-order valence-corrected chi connectivity index (χ2v) is 9.25. The molecule has 1 aliphatic rings. The molecule has 2 atom stereocenters. The van der Waals surface area contributed by atoms with Crippen molar-refractivity contribution < 1.29 is 9.15 Å². The summed E-state index contributed by atoms with van der Waals surface area (Å²) in [6, 6.07) is 2.02. The molecule has 5 aromatic rings. The van der Waals surface area contributed by atoms with Crippen LogP contribution in [0.25, 0.3) is 44.6 Å². The highest BCUT2D eigenvalue weighted by Gasteiger charge is 2.29. The van der Waals surface area contributed by atoms with E-state index < -0.39 is 0 Å². The maximum atomic E-state index is 13.6. The third-order valence-corrected chi connectivity index (χ3v) is 6.87. The molecule has 35 heavy (non-hydrogen) atoms.